The van der Waals surface area contributed by atoms with Crippen LogP contribution in [0.3, 0.4) is 0 Å². The third-order valence-electron chi connectivity index (χ3n) is 4.45. The predicted molar refractivity (Wildman–Crippen MR) is 90.8 cm³/mol. The van der Waals surface area contributed by atoms with E-state index in [1.165, 1.54) is 11.1 Å². The van der Waals surface area contributed by atoms with Crippen LogP contribution in [-0.4, -0.2) is 24.0 Å². The molecule has 1 unspecified atom stereocenters. The molecule has 1 aliphatic rings. The summed E-state index contributed by atoms with van der Waals surface area (Å²) in [4.78, 5) is 14.3. The van der Waals surface area contributed by atoms with Crippen LogP contribution in [0, 0.1) is 5.92 Å². The number of likely N-dealkylation sites (tertiary alicyclic amines) is 1. The van der Waals surface area contributed by atoms with Crippen molar-refractivity contribution in [2.45, 2.75) is 26.0 Å². The Bertz CT molecular complexity index is 627. The molecule has 3 heteroatoms. The van der Waals surface area contributed by atoms with Gasteiger partial charge in [0.25, 0.3) is 0 Å². The largest absolute Gasteiger partial charge is 0.376 e. The first kappa shape index (κ1) is 15.8. The Balaban J connectivity index is 1.51. The molecule has 0 saturated carbocycles. The van der Waals surface area contributed by atoms with Gasteiger partial charge in [0.15, 0.2) is 0 Å². The van der Waals surface area contributed by atoms with Crippen LogP contribution in [0.2, 0.25) is 0 Å². The number of rotatable bonds is 6. The average molecular weight is 309 g/mol. The molecule has 1 amide bonds. The number of carbonyl (C=O) groups excluding carboxylic acids is 1. The Kier molecular flexibility index (Phi) is 5.09. The highest BCUT2D eigenvalue weighted by atomic mass is 16.5. The fourth-order valence-corrected chi connectivity index (χ4v) is 3.12. The summed E-state index contributed by atoms with van der Waals surface area (Å²) < 4.78 is 5.81. The van der Waals surface area contributed by atoms with Gasteiger partial charge in [-0.25, -0.2) is 0 Å². The first-order valence-corrected chi connectivity index (χ1v) is 8.20. The summed E-state index contributed by atoms with van der Waals surface area (Å²) in [5, 5.41) is 0. The first-order valence-electron chi connectivity index (χ1n) is 8.20. The van der Waals surface area contributed by atoms with Crippen LogP contribution in [-0.2, 0) is 16.1 Å². The second-order valence-electron chi connectivity index (χ2n) is 6.20. The topological polar surface area (TPSA) is 29.5 Å². The molecule has 0 aliphatic carbocycles. The van der Waals surface area contributed by atoms with Crippen molar-refractivity contribution in [3.63, 3.8) is 0 Å². The van der Waals surface area contributed by atoms with Gasteiger partial charge in [0.1, 0.15) is 0 Å². The Morgan fingerprint density at radius 2 is 1.74 bits per heavy atom. The van der Waals surface area contributed by atoms with E-state index in [-0.39, 0.29) is 17.9 Å². The molecule has 1 aliphatic heterocycles. The lowest BCUT2D eigenvalue weighted by molar-refractivity contribution is -0.129. The van der Waals surface area contributed by atoms with E-state index >= 15 is 0 Å². The van der Waals surface area contributed by atoms with Crippen LogP contribution in [0.5, 0.6) is 0 Å². The molecule has 2 aromatic carbocycles. The lowest BCUT2D eigenvalue weighted by atomic mass is 10.1. The molecule has 0 bridgehead atoms. The van der Waals surface area contributed by atoms with Gasteiger partial charge in [0, 0.05) is 18.9 Å². The Hall–Kier alpha value is -2.13. The SMILES string of the molecule is C[C@H](c1ccccc1)N1CC(COCc2ccccc2)CC1=O. The van der Waals surface area contributed by atoms with Crippen LogP contribution >= 0.6 is 0 Å². The summed E-state index contributed by atoms with van der Waals surface area (Å²) in [7, 11) is 0. The molecule has 2 aromatic rings. The average Bonchev–Trinajstić information content (AvgIpc) is 2.97. The highest BCUT2D eigenvalue weighted by Gasteiger charge is 2.33. The quantitative estimate of drug-likeness (QED) is 0.812. The summed E-state index contributed by atoms with van der Waals surface area (Å²) in [6.45, 7) is 4.13. The minimum absolute atomic E-state index is 0.128. The maximum absolute atomic E-state index is 12.3. The lowest BCUT2D eigenvalue weighted by Gasteiger charge is -2.25. The molecule has 3 rings (SSSR count). The van der Waals surface area contributed by atoms with Crippen LogP contribution < -0.4 is 0 Å². The zero-order valence-corrected chi connectivity index (χ0v) is 13.5. The monoisotopic (exact) mass is 309 g/mol. The van der Waals surface area contributed by atoms with E-state index in [0.717, 1.165) is 6.54 Å². The summed E-state index contributed by atoms with van der Waals surface area (Å²) in [6, 6.07) is 20.5. The lowest BCUT2D eigenvalue weighted by Crippen LogP contribution is -2.28. The molecular formula is C20H23NO2. The smallest absolute Gasteiger partial charge is 0.223 e. The molecule has 2 atom stereocenters. The third-order valence-corrected chi connectivity index (χ3v) is 4.45. The van der Waals surface area contributed by atoms with E-state index in [2.05, 4.69) is 31.2 Å². The van der Waals surface area contributed by atoms with Crippen molar-refractivity contribution in [3.8, 4) is 0 Å². The summed E-state index contributed by atoms with van der Waals surface area (Å²) in [6.07, 6.45) is 0.589. The number of hydrogen-bond acceptors (Lipinski definition) is 2. The van der Waals surface area contributed by atoms with E-state index < -0.39 is 0 Å². The van der Waals surface area contributed by atoms with Crippen molar-refractivity contribution in [1.82, 2.24) is 4.90 Å². The molecular weight excluding hydrogens is 286 g/mol. The highest BCUT2D eigenvalue weighted by molar-refractivity contribution is 5.79. The van der Waals surface area contributed by atoms with Crippen molar-refractivity contribution in [3.05, 3.63) is 71.8 Å². The van der Waals surface area contributed by atoms with Crippen molar-refractivity contribution in [2.24, 2.45) is 5.92 Å². The van der Waals surface area contributed by atoms with E-state index in [0.29, 0.717) is 19.6 Å². The van der Waals surface area contributed by atoms with Gasteiger partial charge in [-0.15, -0.1) is 0 Å². The van der Waals surface area contributed by atoms with E-state index in [4.69, 9.17) is 4.74 Å². The van der Waals surface area contributed by atoms with Gasteiger partial charge in [-0.05, 0) is 18.1 Å². The van der Waals surface area contributed by atoms with Crippen LogP contribution in [0.1, 0.15) is 30.5 Å². The Morgan fingerprint density at radius 3 is 2.43 bits per heavy atom. The van der Waals surface area contributed by atoms with Gasteiger partial charge in [-0.3, -0.25) is 4.79 Å². The van der Waals surface area contributed by atoms with E-state index in [9.17, 15) is 4.79 Å². The molecule has 3 nitrogen and oxygen atoms in total. The summed E-state index contributed by atoms with van der Waals surface area (Å²) in [5.74, 6) is 0.520. The molecule has 0 aromatic heterocycles. The van der Waals surface area contributed by atoms with Crippen LogP contribution in [0.15, 0.2) is 60.7 Å². The van der Waals surface area contributed by atoms with Gasteiger partial charge in [0.2, 0.25) is 5.91 Å². The number of amides is 1. The summed E-state index contributed by atoms with van der Waals surface area (Å²) >= 11 is 0. The van der Waals surface area contributed by atoms with Crippen LogP contribution in [0.4, 0.5) is 0 Å². The molecule has 23 heavy (non-hydrogen) atoms. The first-order chi connectivity index (χ1) is 11.2. The number of hydrogen-bond donors (Lipinski definition) is 0. The third kappa shape index (κ3) is 3.99. The molecule has 1 heterocycles. The van der Waals surface area contributed by atoms with Crippen molar-refractivity contribution >= 4 is 5.91 Å². The van der Waals surface area contributed by atoms with Gasteiger partial charge >= 0.3 is 0 Å². The minimum atomic E-state index is 0.128. The van der Waals surface area contributed by atoms with Gasteiger partial charge in [-0.2, -0.15) is 0 Å². The zero-order chi connectivity index (χ0) is 16.1. The maximum Gasteiger partial charge on any atom is 0.223 e. The normalized spacial score (nSPS) is 19.1. The molecule has 0 spiro atoms. The molecule has 1 fully saturated rings. The highest BCUT2D eigenvalue weighted by Crippen LogP contribution is 2.28. The van der Waals surface area contributed by atoms with Crippen molar-refractivity contribution in [2.75, 3.05) is 13.2 Å². The number of ether oxygens (including phenoxy) is 1. The number of carbonyl (C=O) groups is 1. The number of benzene rings is 2. The van der Waals surface area contributed by atoms with E-state index in [1.807, 2.05) is 41.3 Å². The minimum Gasteiger partial charge on any atom is -0.376 e. The molecule has 1 saturated heterocycles. The maximum atomic E-state index is 12.3. The van der Waals surface area contributed by atoms with Crippen molar-refractivity contribution in [1.29, 1.82) is 0 Å². The van der Waals surface area contributed by atoms with Crippen LogP contribution in [0.25, 0.3) is 0 Å². The predicted octanol–water partition coefficient (Wildman–Crippen LogP) is 3.81. The fourth-order valence-electron chi connectivity index (χ4n) is 3.12. The fraction of sp³-hybridized carbons (Fsp3) is 0.350. The Labute approximate surface area is 137 Å². The van der Waals surface area contributed by atoms with Gasteiger partial charge in [0.05, 0.1) is 19.3 Å². The molecule has 120 valence electrons. The zero-order valence-electron chi connectivity index (χ0n) is 13.5. The number of nitrogens with zero attached hydrogens (tertiary/aromatic N) is 1. The van der Waals surface area contributed by atoms with Gasteiger partial charge in [-0.1, -0.05) is 60.7 Å². The summed E-state index contributed by atoms with van der Waals surface area (Å²) in [5.41, 5.74) is 2.36. The van der Waals surface area contributed by atoms with Crippen molar-refractivity contribution < 1.29 is 9.53 Å². The second-order valence-corrected chi connectivity index (χ2v) is 6.20. The Morgan fingerprint density at radius 1 is 1.09 bits per heavy atom. The second kappa shape index (κ2) is 7.42. The molecule has 0 N–H and O–H groups in total. The van der Waals surface area contributed by atoms with E-state index in [1.54, 1.807) is 0 Å². The van der Waals surface area contributed by atoms with Gasteiger partial charge < -0.3 is 9.64 Å². The molecule has 0 radical (unpaired) electrons. The standard InChI is InChI=1S/C20H23NO2/c1-16(19-10-6-3-7-11-19)21-13-18(12-20(21)22)15-23-14-17-8-4-2-5-9-17/h2-11,16,18H,12-15H2,1H3/t16-,18?/m1/s1.